The number of hydrogen-bond acceptors (Lipinski definition) is 5. The van der Waals surface area contributed by atoms with Crippen LogP contribution in [0.5, 0.6) is 0 Å². The van der Waals surface area contributed by atoms with Gasteiger partial charge in [0.1, 0.15) is 0 Å². The van der Waals surface area contributed by atoms with Crippen LogP contribution in [0.15, 0.2) is 0 Å². The molecule has 4 rings (SSSR count). The van der Waals surface area contributed by atoms with E-state index in [1.165, 1.54) is 4.90 Å². The van der Waals surface area contributed by atoms with E-state index in [2.05, 4.69) is 0 Å². The predicted molar refractivity (Wildman–Crippen MR) is 80.0 cm³/mol. The summed E-state index contributed by atoms with van der Waals surface area (Å²) in [7, 11) is 0. The van der Waals surface area contributed by atoms with E-state index in [0.717, 1.165) is 32.2 Å². The van der Waals surface area contributed by atoms with Crippen LogP contribution in [0, 0.1) is 11.8 Å². The van der Waals surface area contributed by atoms with E-state index >= 15 is 0 Å². The summed E-state index contributed by atoms with van der Waals surface area (Å²) in [6, 6.07) is 0.108. The average Bonchev–Trinajstić information content (AvgIpc) is 3.30. The smallest absolute Gasteiger partial charge is 0.235 e. The molecule has 4 fully saturated rings. The lowest BCUT2D eigenvalue weighted by Gasteiger charge is -2.25. The molecule has 23 heavy (non-hydrogen) atoms. The molecule has 0 saturated carbocycles. The van der Waals surface area contributed by atoms with E-state index in [9.17, 15) is 14.4 Å². The van der Waals surface area contributed by atoms with E-state index in [1.54, 1.807) is 4.90 Å². The van der Waals surface area contributed by atoms with Gasteiger partial charge in [-0.1, -0.05) is 0 Å². The number of carbonyl (C=O) groups is 3. The van der Waals surface area contributed by atoms with Crippen LogP contribution in [0.4, 0.5) is 0 Å². The fourth-order valence-corrected chi connectivity index (χ4v) is 4.75. The molecule has 2 bridgehead atoms. The van der Waals surface area contributed by atoms with E-state index in [4.69, 9.17) is 10.5 Å². The third-order valence-electron chi connectivity index (χ3n) is 5.89. The van der Waals surface area contributed by atoms with E-state index in [-0.39, 0.29) is 60.8 Å². The molecule has 0 aromatic rings. The van der Waals surface area contributed by atoms with Crippen LogP contribution in [-0.2, 0) is 19.1 Å². The summed E-state index contributed by atoms with van der Waals surface area (Å²) in [4.78, 5) is 40.5. The van der Waals surface area contributed by atoms with Gasteiger partial charge in [0.05, 0.1) is 24.0 Å². The fraction of sp³-hybridized carbons (Fsp3) is 0.812. The molecule has 4 saturated heterocycles. The normalized spacial score (nSPS) is 38.7. The molecule has 4 aliphatic rings. The first kappa shape index (κ1) is 15.1. The number of imide groups is 1. The zero-order chi connectivity index (χ0) is 16.1. The Morgan fingerprint density at radius 2 is 1.78 bits per heavy atom. The highest BCUT2D eigenvalue weighted by molar-refractivity contribution is 6.06. The molecule has 5 atom stereocenters. The second kappa shape index (κ2) is 5.56. The van der Waals surface area contributed by atoms with Gasteiger partial charge >= 0.3 is 0 Å². The number of fused-ring (bicyclic) bond motifs is 5. The molecular weight excluding hydrogens is 298 g/mol. The van der Waals surface area contributed by atoms with Crippen molar-refractivity contribution in [3.8, 4) is 0 Å². The summed E-state index contributed by atoms with van der Waals surface area (Å²) in [6.45, 7) is 1.39. The van der Waals surface area contributed by atoms with Gasteiger partial charge in [0.25, 0.3) is 0 Å². The summed E-state index contributed by atoms with van der Waals surface area (Å²) < 4.78 is 5.71. The van der Waals surface area contributed by atoms with E-state index in [0.29, 0.717) is 6.54 Å². The highest BCUT2D eigenvalue weighted by Gasteiger charge is 2.62. The third-order valence-corrected chi connectivity index (χ3v) is 5.89. The molecule has 3 amide bonds. The summed E-state index contributed by atoms with van der Waals surface area (Å²) in [5, 5.41) is 0. The molecule has 7 heteroatoms. The van der Waals surface area contributed by atoms with E-state index < -0.39 is 0 Å². The Labute approximate surface area is 135 Å². The predicted octanol–water partition coefficient (Wildman–Crippen LogP) is -0.511. The van der Waals surface area contributed by atoms with E-state index in [1.807, 2.05) is 0 Å². The fourth-order valence-electron chi connectivity index (χ4n) is 4.75. The number of amides is 3. The minimum absolute atomic E-state index is 0.00479. The Hall–Kier alpha value is -1.47. The molecule has 2 N–H and O–H groups in total. The second-order valence-electron chi connectivity index (χ2n) is 7.04. The van der Waals surface area contributed by atoms with Crippen molar-refractivity contribution in [2.24, 2.45) is 17.6 Å². The van der Waals surface area contributed by atoms with Gasteiger partial charge in [-0.15, -0.1) is 0 Å². The van der Waals surface area contributed by atoms with Crippen LogP contribution in [0.2, 0.25) is 0 Å². The van der Waals surface area contributed by atoms with Crippen LogP contribution in [0.25, 0.3) is 0 Å². The Balaban J connectivity index is 1.39. The van der Waals surface area contributed by atoms with Crippen LogP contribution < -0.4 is 5.73 Å². The summed E-state index contributed by atoms with van der Waals surface area (Å²) in [5.74, 6) is -0.900. The molecule has 0 spiro atoms. The van der Waals surface area contributed by atoms with Crippen molar-refractivity contribution in [3.63, 3.8) is 0 Å². The Morgan fingerprint density at radius 1 is 1.13 bits per heavy atom. The molecule has 4 aliphatic heterocycles. The van der Waals surface area contributed by atoms with Gasteiger partial charge < -0.3 is 15.4 Å². The largest absolute Gasteiger partial charge is 0.373 e. The Bertz CT molecular complexity index is 523. The maximum atomic E-state index is 12.5. The number of ether oxygens (including phenoxy) is 1. The number of carbonyl (C=O) groups excluding carboxylic acids is 3. The molecule has 0 aromatic carbocycles. The lowest BCUT2D eigenvalue weighted by atomic mass is 9.81. The summed E-state index contributed by atoms with van der Waals surface area (Å²) >= 11 is 0. The zero-order valence-corrected chi connectivity index (χ0v) is 13.1. The standard InChI is InChI=1S/C16H23N3O4/c17-8-9-2-1-6-18(9)12(20)5-7-19-15(21)13-10-3-4-11(23-10)14(13)16(19)22/h9-11,13-14H,1-8,17H2. The van der Waals surface area contributed by atoms with Crippen molar-refractivity contribution < 1.29 is 19.1 Å². The van der Waals surface area contributed by atoms with Gasteiger partial charge in [-0.05, 0) is 25.7 Å². The first-order chi connectivity index (χ1) is 11.1. The maximum absolute atomic E-state index is 12.5. The minimum atomic E-state index is -0.306. The first-order valence-corrected chi connectivity index (χ1v) is 8.62. The lowest BCUT2D eigenvalue weighted by Crippen LogP contribution is -2.42. The number of nitrogens with zero attached hydrogens (tertiary/aromatic N) is 2. The van der Waals surface area contributed by atoms with Crippen molar-refractivity contribution in [3.05, 3.63) is 0 Å². The number of nitrogens with two attached hydrogens (primary N) is 1. The van der Waals surface area contributed by atoms with Crippen molar-refractivity contribution in [1.82, 2.24) is 9.80 Å². The SMILES string of the molecule is NCC1CCCN1C(=O)CCN1C(=O)C2C3CCC(O3)C2C1=O. The zero-order valence-electron chi connectivity index (χ0n) is 13.1. The highest BCUT2D eigenvalue weighted by atomic mass is 16.5. The molecule has 5 unspecified atom stereocenters. The third kappa shape index (κ3) is 2.21. The number of rotatable bonds is 4. The number of hydrogen-bond donors (Lipinski definition) is 1. The van der Waals surface area contributed by atoms with Crippen LogP contribution in [-0.4, -0.2) is 65.4 Å². The molecule has 0 aromatic heterocycles. The maximum Gasteiger partial charge on any atom is 0.235 e. The molecule has 0 aliphatic carbocycles. The Morgan fingerprint density at radius 3 is 2.39 bits per heavy atom. The van der Waals surface area contributed by atoms with Crippen molar-refractivity contribution >= 4 is 17.7 Å². The molecule has 126 valence electrons. The highest BCUT2D eigenvalue weighted by Crippen LogP contribution is 2.48. The van der Waals surface area contributed by atoms with Gasteiger partial charge in [0.15, 0.2) is 0 Å². The first-order valence-electron chi connectivity index (χ1n) is 8.62. The summed E-state index contributed by atoms with van der Waals surface area (Å²) in [6.07, 6.45) is 3.65. The molecule has 4 heterocycles. The van der Waals surface area contributed by atoms with Gasteiger partial charge in [0.2, 0.25) is 17.7 Å². The average molecular weight is 321 g/mol. The Kier molecular flexibility index (Phi) is 3.65. The van der Waals surface area contributed by atoms with Crippen LogP contribution in [0.3, 0.4) is 0 Å². The lowest BCUT2D eigenvalue weighted by molar-refractivity contribution is -0.143. The van der Waals surface area contributed by atoms with Gasteiger partial charge in [0, 0.05) is 32.1 Å². The molecular formula is C16H23N3O4. The van der Waals surface area contributed by atoms with Crippen molar-refractivity contribution in [1.29, 1.82) is 0 Å². The number of likely N-dealkylation sites (tertiary alicyclic amines) is 2. The quantitative estimate of drug-likeness (QED) is 0.704. The van der Waals surface area contributed by atoms with Crippen LogP contribution in [0.1, 0.15) is 32.1 Å². The topological polar surface area (TPSA) is 92.9 Å². The summed E-state index contributed by atoms with van der Waals surface area (Å²) in [5.41, 5.74) is 5.70. The van der Waals surface area contributed by atoms with Crippen molar-refractivity contribution in [2.75, 3.05) is 19.6 Å². The minimum Gasteiger partial charge on any atom is -0.373 e. The monoisotopic (exact) mass is 321 g/mol. The second-order valence-corrected chi connectivity index (χ2v) is 7.04. The van der Waals surface area contributed by atoms with Crippen LogP contribution >= 0.6 is 0 Å². The van der Waals surface area contributed by atoms with Gasteiger partial charge in [-0.2, -0.15) is 0 Å². The van der Waals surface area contributed by atoms with Gasteiger partial charge in [-0.3, -0.25) is 19.3 Å². The van der Waals surface area contributed by atoms with Gasteiger partial charge in [-0.25, -0.2) is 0 Å². The van der Waals surface area contributed by atoms with Crippen molar-refractivity contribution in [2.45, 2.75) is 50.4 Å². The molecule has 7 nitrogen and oxygen atoms in total. The molecule has 0 radical (unpaired) electrons.